The number of fused-ring (bicyclic) bond motifs is 1. The minimum Gasteiger partial charge on any atom is -0.321 e. The van der Waals surface area contributed by atoms with Crippen LogP contribution in [0.2, 0.25) is 0 Å². The molecule has 128 valence electrons. The fourth-order valence-corrected chi connectivity index (χ4v) is 2.60. The Balaban J connectivity index is 1.58. The molecule has 0 fully saturated rings. The van der Waals surface area contributed by atoms with E-state index in [2.05, 4.69) is 25.0 Å². The molecule has 0 spiro atoms. The van der Waals surface area contributed by atoms with Gasteiger partial charge in [-0.1, -0.05) is 23.4 Å². The van der Waals surface area contributed by atoms with Gasteiger partial charge in [-0.2, -0.15) is 0 Å². The van der Waals surface area contributed by atoms with Crippen LogP contribution >= 0.6 is 0 Å². The van der Waals surface area contributed by atoms with Crippen LogP contribution in [-0.2, 0) is 0 Å². The number of aromatic amines is 2. The van der Waals surface area contributed by atoms with Gasteiger partial charge in [0.15, 0.2) is 5.82 Å². The second kappa shape index (κ2) is 6.17. The maximum Gasteiger partial charge on any atom is 0.439 e. The lowest BCUT2D eigenvalue weighted by molar-refractivity contribution is 0.102. The van der Waals surface area contributed by atoms with Crippen LogP contribution in [0.4, 0.5) is 5.69 Å². The Labute approximate surface area is 145 Å². The monoisotopic (exact) mass is 348 g/mol. The van der Waals surface area contributed by atoms with E-state index in [4.69, 9.17) is 0 Å². The van der Waals surface area contributed by atoms with Gasteiger partial charge in [-0.3, -0.25) is 19.1 Å². The van der Waals surface area contributed by atoms with E-state index in [1.54, 1.807) is 54.6 Å². The van der Waals surface area contributed by atoms with Gasteiger partial charge in [0.25, 0.3) is 11.5 Å². The quantitative estimate of drug-likeness (QED) is 0.524. The maximum atomic E-state index is 12.4. The number of pyridine rings is 1. The number of nitrogens with zero attached hydrogens (tertiary/aromatic N) is 1. The zero-order chi connectivity index (χ0) is 18.1. The van der Waals surface area contributed by atoms with Crippen LogP contribution in [0.3, 0.4) is 0 Å². The van der Waals surface area contributed by atoms with Crippen molar-refractivity contribution >= 4 is 22.4 Å². The molecule has 2 aromatic heterocycles. The predicted octanol–water partition coefficient (Wildman–Crippen LogP) is 2.12. The summed E-state index contributed by atoms with van der Waals surface area (Å²) in [4.78, 5) is 40.5. The van der Waals surface area contributed by atoms with Gasteiger partial charge in [-0.05, 0) is 41.8 Å². The number of amides is 1. The summed E-state index contributed by atoms with van der Waals surface area (Å²) in [6.07, 6.45) is 0. The van der Waals surface area contributed by atoms with E-state index in [1.807, 2.05) is 0 Å². The number of anilines is 1. The number of carbonyl (C=O) groups is 1. The summed E-state index contributed by atoms with van der Waals surface area (Å²) in [5.41, 5.74) is 1.00. The Morgan fingerprint density at radius 1 is 1.00 bits per heavy atom. The van der Waals surface area contributed by atoms with Crippen LogP contribution in [0.15, 0.2) is 68.7 Å². The molecule has 2 heterocycles. The summed E-state index contributed by atoms with van der Waals surface area (Å²) in [5.74, 6) is -0.778. The number of hydrogen-bond acceptors (Lipinski definition) is 5. The maximum absolute atomic E-state index is 12.4. The fraction of sp³-hybridized carbons (Fsp3) is 0. The first-order valence-electron chi connectivity index (χ1n) is 7.70. The molecule has 3 N–H and O–H groups in total. The summed E-state index contributed by atoms with van der Waals surface area (Å²) in [6, 6.07) is 15.3. The molecular formula is C18H12N4O4. The molecule has 0 aliphatic rings. The molecule has 0 saturated heterocycles. The third kappa shape index (κ3) is 2.91. The summed E-state index contributed by atoms with van der Waals surface area (Å²) < 4.78 is 4.45. The van der Waals surface area contributed by atoms with E-state index in [-0.39, 0.29) is 11.3 Å². The first-order chi connectivity index (χ1) is 12.6. The predicted molar refractivity (Wildman–Crippen MR) is 95.1 cm³/mol. The van der Waals surface area contributed by atoms with E-state index in [0.717, 1.165) is 0 Å². The summed E-state index contributed by atoms with van der Waals surface area (Å²) >= 11 is 0. The fourth-order valence-electron chi connectivity index (χ4n) is 2.60. The van der Waals surface area contributed by atoms with Crippen LogP contribution in [0.25, 0.3) is 22.2 Å². The average molecular weight is 348 g/mol. The molecule has 1 amide bonds. The van der Waals surface area contributed by atoms with Crippen molar-refractivity contribution in [2.24, 2.45) is 0 Å². The zero-order valence-corrected chi connectivity index (χ0v) is 13.3. The molecule has 8 heteroatoms. The minimum absolute atomic E-state index is 0.165. The molecular weight excluding hydrogens is 336 g/mol. The van der Waals surface area contributed by atoms with Crippen LogP contribution in [0.5, 0.6) is 0 Å². The van der Waals surface area contributed by atoms with Crippen LogP contribution < -0.4 is 16.6 Å². The Kier molecular flexibility index (Phi) is 3.70. The summed E-state index contributed by atoms with van der Waals surface area (Å²) in [5, 5.41) is 7.51. The molecule has 0 radical (unpaired) electrons. The molecule has 0 aliphatic carbocycles. The number of H-pyrrole nitrogens is 2. The number of carbonyl (C=O) groups excluding carboxylic acids is 1. The standard InChI is InChI=1S/C18H12N4O4/c23-16-13-4-2-1-3-11(13)9-14(20-16)17(24)19-12-7-5-10(6-8-12)15-21-18(25)26-22-15/h1-9H,(H,19,24)(H,20,23)(H,21,22,25). The molecule has 0 unspecified atom stereocenters. The van der Waals surface area contributed by atoms with Crippen LogP contribution in [0.1, 0.15) is 10.5 Å². The average Bonchev–Trinajstić information content (AvgIpc) is 3.09. The Bertz CT molecular complexity index is 1220. The lowest BCUT2D eigenvalue weighted by atomic mass is 10.1. The highest BCUT2D eigenvalue weighted by atomic mass is 16.5. The first-order valence-corrected chi connectivity index (χ1v) is 7.70. The van der Waals surface area contributed by atoms with Crippen molar-refractivity contribution in [1.29, 1.82) is 0 Å². The largest absolute Gasteiger partial charge is 0.439 e. The third-order valence-corrected chi connectivity index (χ3v) is 3.85. The topological polar surface area (TPSA) is 121 Å². The van der Waals surface area contributed by atoms with Gasteiger partial charge in [-0.15, -0.1) is 0 Å². The smallest absolute Gasteiger partial charge is 0.321 e. The number of rotatable bonds is 3. The van der Waals surface area contributed by atoms with E-state index >= 15 is 0 Å². The molecule has 0 aliphatic heterocycles. The lowest BCUT2D eigenvalue weighted by Crippen LogP contribution is -2.18. The Hall–Kier alpha value is -3.94. The van der Waals surface area contributed by atoms with Crippen molar-refractivity contribution in [3.8, 4) is 11.4 Å². The van der Waals surface area contributed by atoms with E-state index in [1.165, 1.54) is 0 Å². The lowest BCUT2D eigenvalue weighted by Gasteiger charge is -2.07. The van der Waals surface area contributed by atoms with Crippen molar-refractivity contribution in [3.05, 3.63) is 81.2 Å². The van der Waals surface area contributed by atoms with Crippen molar-refractivity contribution < 1.29 is 9.32 Å². The van der Waals surface area contributed by atoms with Gasteiger partial charge in [0.1, 0.15) is 5.69 Å². The number of benzene rings is 2. The molecule has 26 heavy (non-hydrogen) atoms. The third-order valence-electron chi connectivity index (χ3n) is 3.85. The van der Waals surface area contributed by atoms with Gasteiger partial charge in [0, 0.05) is 16.6 Å². The molecule has 0 atom stereocenters. The van der Waals surface area contributed by atoms with Gasteiger partial charge in [-0.25, -0.2) is 4.79 Å². The second-order valence-corrected chi connectivity index (χ2v) is 5.57. The van der Waals surface area contributed by atoms with Gasteiger partial charge >= 0.3 is 5.76 Å². The van der Waals surface area contributed by atoms with E-state index in [0.29, 0.717) is 27.8 Å². The molecule has 4 aromatic rings. The molecule has 4 rings (SSSR count). The van der Waals surface area contributed by atoms with Crippen LogP contribution in [0, 0.1) is 0 Å². The van der Waals surface area contributed by atoms with Gasteiger partial charge in [0.2, 0.25) is 0 Å². The zero-order valence-electron chi connectivity index (χ0n) is 13.3. The highest BCUT2D eigenvalue weighted by molar-refractivity contribution is 6.04. The van der Waals surface area contributed by atoms with Crippen molar-refractivity contribution in [2.45, 2.75) is 0 Å². The first kappa shape index (κ1) is 15.6. The molecule has 0 saturated carbocycles. The normalized spacial score (nSPS) is 10.8. The van der Waals surface area contributed by atoms with Gasteiger partial charge in [0.05, 0.1) is 0 Å². The number of hydrogen-bond donors (Lipinski definition) is 3. The molecule has 0 bridgehead atoms. The van der Waals surface area contributed by atoms with E-state index in [9.17, 15) is 14.4 Å². The number of nitrogens with one attached hydrogen (secondary N) is 3. The molecule has 2 aromatic carbocycles. The highest BCUT2D eigenvalue weighted by Gasteiger charge is 2.10. The second-order valence-electron chi connectivity index (χ2n) is 5.57. The SMILES string of the molecule is O=C(Nc1ccc(-c2noc(=O)[nH]2)cc1)c1cc2ccccc2c(=O)[nH]1. The van der Waals surface area contributed by atoms with Crippen LogP contribution in [-0.4, -0.2) is 21.0 Å². The minimum atomic E-state index is -0.641. The Morgan fingerprint density at radius 2 is 1.77 bits per heavy atom. The summed E-state index contributed by atoms with van der Waals surface area (Å²) in [7, 11) is 0. The highest BCUT2D eigenvalue weighted by Crippen LogP contribution is 2.18. The number of aromatic nitrogens is 3. The summed E-state index contributed by atoms with van der Waals surface area (Å²) in [6.45, 7) is 0. The van der Waals surface area contributed by atoms with Crippen molar-refractivity contribution in [1.82, 2.24) is 15.1 Å². The van der Waals surface area contributed by atoms with E-state index < -0.39 is 11.7 Å². The van der Waals surface area contributed by atoms with Crippen molar-refractivity contribution in [2.75, 3.05) is 5.32 Å². The van der Waals surface area contributed by atoms with Gasteiger partial charge < -0.3 is 10.3 Å². The Morgan fingerprint density at radius 3 is 2.50 bits per heavy atom. The molecule has 8 nitrogen and oxygen atoms in total. The van der Waals surface area contributed by atoms with Crippen molar-refractivity contribution in [3.63, 3.8) is 0 Å².